The van der Waals surface area contributed by atoms with Crippen LogP contribution in [-0.2, 0) is 0 Å². The van der Waals surface area contributed by atoms with Gasteiger partial charge in [0.1, 0.15) is 16.4 Å². The maximum Gasteiger partial charge on any atom is 0.213 e. The van der Waals surface area contributed by atoms with Crippen LogP contribution in [0.25, 0.3) is 26.4 Å². The number of rotatable bonds is 4. The number of hydrogen-bond acceptors (Lipinski definition) is 7. The van der Waals surface area contributed by atoms with Crippen molar-refractivity contribution in [1.82, 2.24) is 19.6 Å². The highest BCUT2D eigenvalue weighted by Crippen LogP contribution is 2.27. The lowest BCUT2D eigenvalue weighted by Gasteiger charge is -1.99. The molecule has 0 aliphatic rings. The molecule has 0 fully saturated rings. The maximum atomic E-state index is 4.75. The molecule has 1 N–H and O–H groups in total. The summed E-state index contributed by atoms with van der Waals surface area (Å²) in [5.74, 6) is 0. The van der Waals surface area contributed by atoms with E-state index in [1.54, 1.807) is 28.9 Å². The molecular formula is C19H14N6S2. The van der Waals surface area contributed by atoms with Gasteiger partial charge in [-0.3, -0.25) is 5.43 Å². The zero-order chi connectivity index (χ0) is 18.2. The molecule has 0 unspecified atom stereocenters. The molecule has 3 aromatic heterocycles. The summed E-state index contributed by atoms with van der Waals surface area (Å²) in [4.78, 5) is 10.1. The van der Waals surface area contributed by atoms with E-state index in [1.165, 1.54) is 0 Å². The van der Waals surface area contributed by atoms with E-state index < -0.39 is 0 Å². The minimum atomic E-state index is 0.754. The average Bonchev–Trinajstić information content (AvgIpc) is 3.35. The Morgan fingerprint density at radius 2 is 1.81 bits per heavy atom. The molecule has 5 rings (SSSR count). The molecular weight excluding hydrogens is 376 g/mol. The SMILES string of the molecule is Cc1nn2c(/C=N\Nc3nc4ccccc4s3)c(-c3ccccc3)nc2s1. The second-order valence-electron chi connectivity index (χ2n) is 5.88. The van der Waals surface area contributed by atoms with E-state index in [9.17, 15) is 0 Å². The van der Waals surface area contributed by atoms with Crippen molar-refractivity contribution >= 4 is 49.2 Å². The smallest absolute Gasteiger partial charge is 0.213 e. The van der Waals surface area contributed by atoms with Gasteiger partial charge in [-0.25, -0.2) is 14.5 Å². The number of imidazole rings is 1. The summed E-state index contributed by atoms with van der Waals surface area (Å²) >= 11 is 3.13. The summed E-state index contributed by atoms with van der Waals surface area (Å²) in [5, 5.41) is 10.7. The highest BCUT2D eigenvalue weighted by molar-refractivity contribution is 7.22. The summed E-state index contributed by atoms with van der Waals surface area (Å²) < 4.78 is 2.97. The topological polar surface area (TPSA) is 67.5 Å². The fourth-order valence-corrected chi connectivity index (χ4v) is 4.42. The van der Waals surface area contributed by atoms with Crippen molar-refractivity contribution in [3.05, 3.63) is 65.3 Å². The number of nitrogens with one attached hydrogen (secondary N) is 1. The Kier molecular flexibility index (Phi) is 3.92. The predicted octanol–water partition coefficient (Wildman–Crippen LogP) is 4.82. The Morgan fingerprint density at radius 1 is 1.00 bits per heavy atom. The summed E-state index contributed by atoms with van der Waals surface area (Å²) in [6.07, 6.45) is 1.76. The number of thiazole rings is 1. The summed E-state index contributed by atoms with van der Waals surface area (Å²) in [6, 6.07) is 18.1. The molecule has 0 bridgehead atoms. The number of aromatic nitrogens is 4. The van der Waals surface area contributed by atoms with Crippen LogP contribution < -0.4 is 5.43 Å². The number of hydrazone groups is 1. The first-order chi connectivity index (χ1) is 13.3. The quantitative estimate of drug-likeness (QED) is 0.353. The number of nitrogens with zero attached hydrogens (tertiary/aromatic N) is 5. The van der Waals surface area contributed by atoms with Crippen molar-refractivity contribution in [1.29, 1.82) is 0 Å². The molecule has 8 heteroatoms. The first-order valence-electron chi connectivity index (χ1n) is 8.34. The number of para-hydroxylation sites is 1. The number of anilines is 1. The molecule has 0 aliphatic carbocycles. The molecule has 27 heavy (non-hydrogen) atoms. The van der Waals surface area contributed by atoms with Crippen molar-refractivity contribution in [3.63, 3.8) is 0 Å². The third-order valence-corrected chi connectivity index (χ3v) is 5.79. The first-order valence-corrected chi connectivity index (χ1v) is 9.97. The largest absolute Gasteiger partial charge is 0.253 e. The predicted molar refractivity (Wildman–Crippen MR) is 112 cm³/mol. The van der Waals surface area contributed by atoms with Gasteiger partial charge < -0.3 is 0 Å². The van der Waals surface area contributed by atoms with Gasteiger partial charge in [-0.1, -0.05) is 65.1 Å². The summed E-state index contributed by atoms with van der Waals surface area (Å²) in [7, 11) is 0. The Morgan fingerprint density at radius 3 is 2.67 bits per heavy atom. The fraction of sp³-hybridized carbons (Fsp3) is 0.0526. The van der Waals surface area contributed by atoms with Crippen molar-refractivity contribution in [2.24, 2.45) is 5.10 Å². The molecule has 0 atom stereocenters. The van der Waals surface area contributed by atoms with Gasteiger partial charge in [-0.15, -0.1) is 0 Å². The van der Waals surface area contributed by atoms with E-state index >= 15 is 0 Å². The number of benzene rings is 2. The normalized spacial score (nSPS) is 11.7. The molecule has 0 amide bonds. The van der Waals surface area contributed by atoms with Crippen molar-refractivity contribution in [2.75, 3.05) is 5.43 Å². The first kappa shape index (κ1) is 16.1. The van der Waals surface area contributed by atoms with Crippen LogP contribution in [0.4, 0.5) is 5.13 Å². The van der Waals surface area contributed by atoms with E-state index in [1.807, 2.05) is 66.0 Å². The van der Waals surface area contributed by atoms with Crippen molar-refractivity contribution in [3.8, 4) is 11.3 Å². The van der Waals surface area contributed by atoms with Crippen molar-refractivity contribution < 1.29 is 0 Å². The Balaban J connectivity index is 1.52. The van der Waals surface area contributed by atoms with Crippen LogP contribution in [0.1, 0.15) is 10.7 Å². The van der Waals surface area contributed by atoms with Gasteiger partial charge in [0.25, 0.3) is 0 Å². The van der Waals surface area contributed by atoms with Crippen LogP contribution in [-0.4, -0.2) is 25.8 Å². The van der Waals surface area contributed by atoms with E-state index in [2.05, 4.69) is 20.6 Å². The molecule has 3 heterocycles. The minimum absolute atomic E-state index is 0.754. The van der Waals surface area contributed by atoms with Gasteiger partial charge in [-0.05, 0) is 19.1 Å². The third kappa shape index (κ3) is 2.98. The Labute approximate surface area is 162 Å². The molecule has 0 radical (unpaired) electrons. The second-order valence-corrected chi connectivity index (χ2v) is 8.07. The average molecular weight is 390 g/mol. The van der Waals surface area contributed by atoms with E-state index in [4.69, 9.17) is 4.98 Å². The zero-order valence-electron chi connectivity index (χ0n) is 14.3. The lowest BCUT2D eigenvalue weighted by atomic mass is 10.1. The van der Waals surface area contributed by atoms with Crippen LogP contribution >= 0.6 is 22.7 Å². The van der Waals surface area contributed by atoms with Gasteiger partial charge in [0.15, 0.2) is 0 Å². The van der Waals surface area contributed by atoms with E-state index in [0.717, 1.165) is 42.3 Å². The minimum Gasteiger partial charge on any atom is -0.253 e. The molecule has 0 aliphatic heterocycles. The highest BCUT2D eigenvalue weighted by Gasteiger charge is 2.15. The number of aryl methyl sites for hydroxylation is 1. The van der Waals surface area contributed by atoms with Crippen molar-refractivity contribution in [2.45, 2.75) is 6.92 Å². The van der Waals surface area contributed by atoms with Gasteiger partial charge >= 0.3 is 0 Å². The van der Waals surface area contributed by atoms with Gasteiger partial charge in [0.2, 0.25) is 10.1 Å². The Hall–Kier alpha value is -3.10. The van der Waals surface area contributed by atoms with Crippen LogP contribution in [0.5, 0.6) is 0 Å². The third-order valence-electron chi connectivity index (χ3n) is 4.03. The summed E-state index contributed by atoms with van der Waals surface area (Å²) in [5.41, 5.74) is 6.74. The number of fused-ring (bicyclic) bond motifs is 2. The van der Waals surface area contributed by atoms with Crippen LogP contribution in [0.15, 0.2) is 59.7 Å². The van der Waals surface area contributed by atoms with Gasteiger partial charge in [0, 0.05) is 5.56 Å². The Bertz CT molecular complexity index is 1230. The van der Waals surface area contributed by atoms with Crippen LogP contribution in [0, 0.1) is 6.92 Å². The molecule has 0 spiro atoms. The molecule has 2 aromatic carbocycles. The lowest BCUT2D eigenvalue weighted by Crippen LogP contribution is -1.97. The fourth-order valence-electron chi connectivity index (χ4n) is 2.85. The van der Waals surface area contributed by atoms with Gasteiger partial charge in [-0.2, -0.15) is 10.2 Å². The van der Waals surface area contributed by atoms with E-state index in [-0.39, 0.29) is 0 Å². The molecule has 5 aromatic rings. The second kappa shape index (κ2) is 6.57. The molecule has 0 saturated heterocycles. The zero-order valence-corrected chi connectivity index (χ0v) is 16.0. The lowest BCUT2D eigenvalue weighted by molar-refractivity contribution is 0.938. The monoisotopic (exact) mass is 390 g/mol. The standard InChI is InChI=1S/C19H14N6S2/c1-12-24-25-15(17(22-19(25)26-12)13-7-3-2-4-8-13)11-20-23-18-21-14-9-5-6-10-16(14)27-18/h2-11H,1H3,(H,21,23)/b20-11-. The van der Waals surface area contributed by atoms with Crippen LogP contribution in [0.3, 0.4) is 0 Å². The van der Waals surface area contributed by atoms with Gasteiger partial charge in [0.05, 0.1) is 16.4 Å². The van der Waals surface area contributed by atoms with Crippen LogP contribution in [0.2, 0.25) is 0 Å². The molecule has 6 nitrogen and oxygen atoms in total. The maximum absolute atomic E-state index is 4.75. The highest BCUT2D eigenvalue weighted by atomic mass is 32.1. The van der Waals surface area contributed by atoms with E-state index in [0.29, 0.717) is 0 Å². The molecule has 132 valence electrons. The number of hydrogen-bond donors (Lipinski definition) is 1. The summed E-state index contributed by atoms with van der Waals surface area (Å²) in [6.45, 7) is 1.97. The molecule has 0 saturated carbocycles.